The third kappa shape index (κ3) is 6.02. The fourth-order valence-corrected chi connectivity index (χ4v) is 8.75. The summed E-state index contributed by atoms with van der Waals surface area (Å²) in [4.78, 5) is 20.4. The van der Waals surface area contributed by atoms with E-state index in [1.54, 1.807) is 0 Å². The Kier molecular flexibility index (Phi) is 8.10. The molecule has 12 rings (SSSR count). The van der Waals surface area contributed by atoms with Crippen molar-refractivity contribution >= 4 is 54.2 Å². The van der Waals surface area contributed by atoms with Crippen molar-refractivity contribution in [2.75, 3.05) is 0 Å². The van der Waals surface area contributed by atoms with Gasteiger partial charge in [0.15, 0.2) is 23.1 Å². The van der Waals surface area contributed by atoms with Crippen molar-refractivity contribution < 1.29 is 4.42 Å². The zero-order valence-electron chi connectivity index (χ0n) is 32.8. The summed E-state index contributed by atoms with van der Waals surface area (Å²) in [5.74, 6) is 2.44. The largest absolute Gasteiger partial charge is 0.435 e. The molecule has 0 N–H and O–H groups in total. The molecule has 0 unspecified atom stereocenters. The van der Waals surface area contributed by atoms with E-state index in [0.29, 0.717) is 23.4 Å². The van der Waals surface area contributed by atoms with Gasteiger partial charge in [0, 0.05) is 27.6 Å². The zero-order valence-corrected chi connectivity index (χ0v) is 32.8. The summed E-state index contributed by atoms with van der Waals surface area (Å²) in [6, 6.07) is 71.8. The van der Waals surface area contributed by atoms with Gasteiger partial charge in [-0.3, -0.25) is 0 Å². The fraction of sp³-hybridized carbons (Fsp3) is 0. The minimum atomic E-state index is 0.602. The Morgan fingerprint density at radius 1 is 0.295 bits per heavy atom. The monoisotopic (exact) mass is 778 g/mol. The van der Waals surface area contributed by atoms with E-state index in [1.807, 2.05) is 42.5 Å². The summed E-state index contributed by atoms with van der Waals surface area (Å²) in [5.41, 5.74) is 9.70. The van der Waals surface area contributed by atoms with E-state index in [-0.39, 0.29) is 0 Å². The van der Waals surface area contributed by atoms with Crippen LogP contribution < -0.4 is 0 Å². The van der Waals surface area contributed by atoms with Crippen LogP contribution in [-0.2, 0) is 0 Å². The van der Waals surface area contributed by atoms with Crippen LogP contribution in [0.3, 0.4) is 0 Å². The van der Waals surface area contributed by atoms with E-state index in [1.165, 1.54) is 32.3 Å². The Balaban J connectivity index is 0.993. The fourth-order valence-electron chi connectivity index (χ4n) is 8.75. The van der Waals surface area contributed by atoms with Crippen LogP contribution in [0, 0.1) is 0 Å². The van der Waals surface area contributed by atoms with E-state index in [0.717, 1.165) is 66.4 Å². The lowest BCUT2D eigenvalue weighted by Gasteiger charge is -2.13. The molecule has 12 aromatic rings. The van der Waals surface area contributed by atoms with Crippen molar-refractivity contribution in [3.8, 4) is 67.9 Å². The van der Waals surface area contributed by atoms with Crippen LogP contribution in [-0.4, -0.2) is 19.9 Å². The molecule has 0 saturated heterocycles. The van der Waals surface area contributed by atoms with Crippen LogP contribution >= 0.6 is 0 Å². The van der Waals surface area contributed by atoms with Gasteiger partial charge in [0.2, 0.25) is 5.89 Å². The van der Waals surface area contributed by atoms with Crippen LogP contribution in [0.5, 0.6) is 0 Å². The van der Waals surface area contributed by atoms with Gasteiger partial charge in [-0.2, -0.15) is 0 Å². The molecule has 2 heterocycles. The Labute approximate surface area is 351 Å². The molecule has 0 radical (unpaired) electrons. The predicted octanol–water partition coefficient (Wildman–Crippen LogP) is 14.6. The first kappa shape index (κ1) is 34.7. The predicted molar refractivity (Wildman–Crippen MR) is 250 cm³/mol. The molecule has 5 heteroatoms. The van der Waals surface area contributed by atoms with Gasteiger partial charge in [-0.25, -0.2) is 19.9 Å². The summed E-state index contributed by atoms with van der Waals surface area (Å²) in [7, 11) is 0. The maximum Gasteiger partial charge on any atom is 0.227 e. The second-order valence-corrected chi connectivity index (χ2v) is 15.4. The van der Waals surface area contributed by atoms with E-state index in [2.05, 4.69) is 164 Å². The minimum Gasteiger partial charge on any atom is -0.435 e. The van der Waals surface area contributed by atoms with Crippen molar-refractivity contribution in [1.82, 2.24) is 19.9 Å². The maximum atomic E-state index is 6.50. The SMILES string of the molecule is c1ccc(-c2ccc(-c3nc(-c4ccc(-c5cccc6ccc7nc(-c8ccccc8)oc7c56)cc4)nc(-c4ccc5c6ccccc6c6ccccc6c5c4)n3)cc2)cc1. The first-order valence-electron chi connectivity index (χ1n) is 20.5. The molecule has 5 nitrogen and oxygen atoms in total. The molecular formula is C56H34N4O. The molecule has 0 spiro atoms. The highest BCUT2D eigenvalue weighted by Gasteiger charge is 2.18. The third-order valence-electron chi connectivity index (χ3n) is 11.8. The average molecular weight is 779 g/mol. The highest BCUT2D eigenvalue weighted by molar-refractivity contribution is 6.25. The first-order chi connectivity index (χ1) is 30.2. The molecule has 0 amide bonds. The van der Waals surface area contributed by atoms with Gasteiger partial charge in [-0.1, -0.05) is 182 Å². The normalized spacial score (nSPS) is 11.6. The maximum absolute atomic E-state index is 6.50. The van der Waals surface area contributed by atoms with Crippen molar-refractivity contribution in [2.45, 2.75) is 0 Å². The molecule has 61 heavy (non-hydrogen) atoms. The minimum absolute atomic E-state index is 0.602. The summed E-state index contributed by atoms with van der Waals surface area (Å²) in [5, 5.41) is 9.39. The highest BCUT2D eigenvalue weighted by Crippen LogP contribution is 2.39. The average Bonchev–Trinajstić information content (AvgIpc) is 3.80. The van der Waals surface area contributed by atoms with Crippen molar-refractivity contribution in [1.29, 1.82) is 0 Å². The Bertz CT molecular complexity index is 3580. The van der Waals surface area contributed by atoms with Gasteiger partial charge < -0.3 is 4.42 Å². The third-order valence-corrected chi connectivity index (χ3v) is 11.8. The van der Waals surface area contributed by atoms with Crippen LogP contribution in [0.4, 0.5) is 0 Å². The van der Waals surface area contributed by atoms with Gasteiger partial charge in [0.05, 0.1) is 0 Å². The molecule has 0 aliphatic carbocycles. The topological polar surface area (TPSA) is 64.7 Å². The van der Waals surface area contributed by atoms with E-state index < -0.39 is 0 Å². The summed E-state index contributed by atoms with van der Waals surface area (Å²) >= 11 is 0. The van der Waals surface area contributed by atoms with Gasteiger partial charge in [-0.05, 0) is 84.2 Å². The van der Waals surface area contributed by atoms with Crippen LogP contribution in [0.25, 0.3) is 122 Å². The molecule has 284 valence electrons. The number of fused-ring (bicyclic) bond motifs is 9. The lowest BCUT2D eigenvalue weighted by molar-refractivity contribution is 0.623. The van der Waals surface area contributed by atoms with E-state index in [4.69, 9.17) is 24.4 Å². The molecule has 0 atom stereocenters. The molecule has 2 aromatic heterocycles. The molecule has 0 fully saturated rings. The van der Waals surface area contributed by atoms with Crippen LogP contribution in [0.1, 0.15) is 0 Å². The second kappa shape index (κ2) is 14.2. The summed E-state index contributed by atoms with van der Waals surface area (Å²) < 4.78 is 6.50. The van der Waals surface area contributed by atoms with Gasteiger partial charge in [0.1, 0.15) is 5.52 Å². The van der Waals surface area contributed by atoms with Crippen molar-refractivity contribution in [3.05, 3.63) is 206 Å². The molecule has 0 aliphatic rings. The number of nitrogens with zero attached hydrogens (tertiary/aromatic N) is 4. The Morgan fingerprint density at radius 3 is 1.39 bits per heavy atom. The highest BCUT2D eigenvalue weighted by atomic mass is 16.3. The number of benzene rings is 10. The number of aromatic nitrogens is 4. The smallest absolute Gasteiger partial charge is 0.227 e. The number of oxazole rings is 1. The van der Waals surface area contributed by atoms with Crippen molar-refractivity contribution in [2.24, 2.45) is 0 Å². The Morgan fingerprint density at radius 2 is 0.770 bits per heavy atom. The second-order valence-electron chi connectivity index (χ2n) is 15.4. The molecule has 0 bridgehead atoms. The zero-order chi connectivity index (χ0) is 40.3. The first-order valence-corrected chi connectivity index (χ1v) is 20.5. The molecule has 0 saturated carbocycles. The lowest BCUT2D eigenvalue weighted by Crippen LogP contribution is -2.00. The van der Waals surface area contributed by atoms with Crippen LogP contribution in [0.15, 0.2) is 211 Å². The molecule has 10 aromatic carbocycles. The summed E-state index contributed by atoms with van der Waals surface area (Å²) in [6.45, 7) is 0. The van der Waals surface area contributed by atoms with Crippen molar-refractivity contribution in [3.63, 3.8) is 0 Å². The van der Waals surface area contributed by atoms with Gasteiger partial charge in [0.25, 0.3) is 0 Å². The molecule has 0 aliphatic heterocycles. The van der Waals surface area contributed by atoms with E-state index in [9.17, 15) is 0 Å². The Hall–Kier alpha value is -8.28. The quantitative estimate of drug-likeness (QED) is 0.157. The van der Waals surface area contributed by atoms with Gasteiger partial charge >= 0.3 is 0 Å². The van der Waals surface area contributed by atoms with Crippen LogP contribution in [0.2, 0.25) is 0 Å². The molecular weight excluding hydrogens is 745 g/mol. The number of hydrogen-bond donors (Lipinski definition) is 0. The lowest BCUT2D eigenvalue weighted by atomic mass is 9.93. The number of hydrogen-bond acceptors (Lipinski definition) is 5. The standard InChI is InChI=1S/C56H34N4O/c1-3-12-35(13-4-1)36-22-26-39(27-23-36)53-58-54(60-55(59-53)42-30-32-48-46-19-8-7-17-44(46)45-18-9-10-20-47(45)49(48)34-42)40-28-24-37(25-29-40)43-21-11-16-38-31-33-50-52(51(38)43)61-56(57-50)41-14-5-2-6-15-41/h1-34H. The van der Waals surface area contributed by atoms with E-state index >= 15 is 0 Å². The number of rotatable bonds is 6. The summed E-state index contributed by atoms with van der Waals surface area (Å²) in [6.07, 6.45) is 0. The van der Waals surface area contributed by atoms with Gasteiger partial charge in [-0.15, -0.1) is 0 Å².